The van der Waals surface area contributed by atoms with E-state index in [9.17, 15) is 24.5 Å². The molecule has 0 unspecified atom stereocenters. The molecule has 9 nitrogen and oxygen atoms in total. The number of hydrogen-bond acceptors (Lipinski definition) is 6. The summed E-state index contributed by atoms with van der Waals surface area (Å²) in [7, 11) is 1.25. The molecule has 0 spiro atoms. The van der Waals surface area contributed by atoms with Gasteiger partial charge < -0.3 is 15.4 Å². The summed E-state index contributed by atoms with van der Waals surface area (Å²) in [5, 5.41) is 16.4. The Morgan fingerprint density at radius 2 is 1.71 bits per heavy atom. The van der Waals surface area contributed by atoms with Crippen molar-refractivity contribution in [2.24, 2.45) is 0 Å². The van der Waals surface area contributed by atoms with E-state index in [2.05, 4.69) is 15.4 Å². The Morgan fingerprint density at radius 3 is 2.35 bits per heavy atom. The monoisotopic (exact) mass is 479 g/mol. The van der Waals surface area contributed by atoms with Gasteiger partial charge in [0.1, 0.15) is 5.70 Å². The van der Waals surface area contributed by atoms with Crippen molar-refractivity contribution in [2.45, 2.75) is 0 Å². The Labute approximate surface area is 199 Å². The highest BCUT2D eigenvalue weighted by Gasteiger charge is 2.18. The number of nitrogens with zero attached hydrogens (tertiary/aromatic N) is 1. The number of halogens is 1. The number of esters is 1. The highest BCUT2D eigenvalue weighted by Crippen LogP contribution is 2.19. The maximum absolute atomic E-state index is 13.0. The van der Waals surface area contributed by atoms with E-state index in [1.165, 1.54) is 67.8 Å². The molecule has 0 aliphatic heterocycles. The van der Waals surface area contributed by atoms with E-state index in [1.807, 2.05) is 0 Å². The van der Waals surface area contributed by atoms with Gasteiger partial charge in [0, 0.05) is 17.8 Å². The maximum Gasteiger partial charge on any atom is 0.337 e. The third-order valence-corrected chi connectivity index (χ3v) is 4.90. The van der Waals surface area contributed by atoms with Crippen LogP contribution >= 0.6 is 11.6 Å². The molecule has 0 aromatic heterocycles. The molecule has 2 amide bonds. The number of carbonyl (C=O) groups excluding carboxylic acids is 3. The zero-order valence-corrected chi connectivity index (χ0v) is 18.5. The molecule has 34 heavy (non-hydrogen) atoms. The first-order valence-corrected chi connectivity index (χ1v) is 10.2. The van der Waals surface area contributed by atoms with Crippen LogP contribution in [0.15, 0.2) is 78.5 Å². The summed E-state index contributed by atoms with van der Waals surface area (Å²) in [5.74, 6) is -1.87. The summed E-state index contributed by atoms with van der Waals surface area (Å²) in [6.45, 7) is 0. The van der Waals surface area contributed by atoms with E-state index < -0.39 is 22.7 Å². The number of rotatable bonds is 7. The molecule has 172 valence electrons. The van der Waals surface area contributed by atoms with Crippen LogP contribution < -0.4 is 10.6 Å². The number of carbonyl (C=O) groups is 3. The van der Waals surface area contributed by atoms with Gasteiger partial charge in [-0.3, -0.25) is 19.7 Å². The van der Waals surface area contributed by atoms with Crippen LogP contribution in [0.4, 0.5) is 11.4 Å². The molecule has 0 aliphatic rings. The van der Waals surface area contributed by atoms with Crippen LogP contribution in [-0.2, 0) is 9.53 Å². The fraction of sp³-hybridized carbons (Fsp3) is 0.0417. The Bertz CT molecular complexity index is 1290. The lowest BCUT2D eigenvalue weighted by molar-refractivity contribution is -0.384. The van der Waals surface area contributed by atoms with Crippen LogP contribution in [0.2, 0.25) is 5.02 Å². The van der Waals surface area contributed by atoms with Gasteiger partial charge in [-0.15, -0.1) is 0 Å². The maximum atomic E-state index is 13.0. The normalized spacial score (nSPS) is 10.8. The fourth-order valence-electron chi connectivity index (χ4n) is 2.89. The molecule has 10 heteroatoms. The van der Waals surface area contributed by atoms with Crippen molar-refractivity contribution in [1.29, 1.82) is 0 Å². The molecular weight excluding hydrogens is 462 g/mol. The second-order valence-corrected chi connectivity index (χ2v) is 7.27. The summed E-state index contributed by atoms with van der Waals surface area (Å²) in [5.41, 5.74) is 0.741. The molecule has 2 N–H and O–H groups in total. The minimum absolute atomic E-state index is 0.143. The van der Waals surface area contributed by atoms with Crippen LogP contribution in [0.1, 0.15) is 26.3 Å². The van der Waals surface area contributed by atoms with Gasteiger partial charge >= 0.3 is 5.97 Å². The van der Waals surface area contributed by atoms with Gasteiger partial charge in [0.05, 0.1) is 28.2 Å². The van der Waals surface area contributed by atoms with E-state index in [-0.39, 0.29) is 22.0 Å². The molecular formula is C24H18ClN3O6. The van der Waals surface area contributed by atoms with Gasteiger partial charge in [-0.25, -0.2) is 4.79 Å². The number of nitro groups is 1. The van der Waals surface area contributed by atoms with Crippen LogP contribution in [-0.4, -0.2) is 29.8 Å². The third-order valence-electron chi connectivity index (χ3n) is 4.57. The number of ether oxygens (including phenoxy) is 1. The Kier molecular flexibility index (Phi) is 7.73. The van der Waals surface area contributed by atoms with Crippen molar-refractivity contribution in [1.82, 2.24) is 5.32 Å². The molecule has 0 saturated heterocycles. The quantitative estimate of drug-likeness (QED) is 0.223. The van der Waals surface area contributed by atoms with Crippen molar-refractivity contribution < 1.29 is 24.0 Å². The number of amides is 2. The lowest BCUT2D eigenvalue weighted by Crippen LogP contribution is -2.31. The topological polar surface area (TPSA) is 128 Å². The van der Waals surface area contributed by atoms with E-state index in [4.69, 9.17) is 11.6 Å². The lowest BCUT2D eigenvalue weighted by Gasteiger charge is -2.12. The third kappa shape index (κ3) is 6.05. The number of anilines is 1. The Hall–Kier alpha value is -4.50. The molecule has 0 saturated carbocycles. The van der Waals surface area contributed by atoms with Crippen LogP contribution in [0.5, 0.6) is 0 Å². The zero-order chi connectivity index (χ0) is 24.7. The Balaban J connectivity index is 1.92. The smallest absolute Gasteiger partial charge is 0.337 e. The zero-order valence-electron chi connectivity index (χ0n) is 17.8. The second kappa shape index (κ2) is 10.9. The molecule has 0 heterocycles. The summed E-state index contributed by atoms with van der Waals surface area (Å²) in [4.78, 5) is 47.9. The number of nitrogens with one attached hydrogen (secondary N) is 2. The van der Waals surface area contributed by atoms with Gasteiger partial charge in [-0.05, 0) is 48.0 Å². The van der Waals surface area contributed by atoms with Gasteiger partial charge in [0.25, 0.3) is 17.5 Å². The fourth-order valence-corrected chi connectivity index (χ4v) is 3.12. The molecule has 3 aromatic carbocycles. The first-order valence-electron chi connectivity index (χ1n) is 9.80. The highest BCUT2D eigenvalue weighted by molar-refractivity contribution is 6.34. The van der Waals surface area contributed by atoms with Crippen LogP contribution in [0, 0.1) is 10.1 Å². The molecule has 3 aromatic rings. The number of nitro benzene ring substituents is 1. The molecule has 0 atom stereocenters. The molecule has 0 fully saturated rings. The first-order chi connectivity index (χ1) is 16.3. The van der Waals surface area contributed by atoms with Crippen molar-refractivity contribution in [3.63, 3.8) is 0 Å². The minimum Gasteiger partial charge on any atom is -0.465 e. The molecule has 0 aliphatic carbocycles. The highest BCUT2D eigenvalue weighted by atomic mass is 35.5. The number of methoxy groups -OCH3 is 1. The van der Waals surface area contributed by atoms with Crippen LogP contribution in [0.25, 0.3) is 6.08 Å². The van der Waals surface area contributed by atoms with E-state index in [0.29, 0.717) is 16.8 Å². The SMILES string of the molecule is COC(=O)c1ccc(NC(=O)C(=Cc2cccc([N+](=O)[O-])c2)NC(=O)c2ccccc2Cl)cc1. The van der Waals surface area contributed by atoms with E-state index >= 15 is 0 Å². The molecule has 0 radical (unpaired) electrons. The van der Waals surface area contributed by atoms with Crippen molar-refractivity contribution >= 4 is 46.8 Å². The molecule has 3 rings (SSSR count). The summed E-state index contributed by atoms with van der Waals surface area (Å²) in [6.07, 6.45) is 1.31. The van der Waals surface area contributed by atoms with Crippen molar-refractivity contribution in [3.05, 3.63) is 110 Å². The first kappa shape index (κ1) is 24.1. The van der Waals surface area contributed by atoms with Crippen LogP contribution in [0.3, 0.4) is 0 Å². The van der Waals surface area contributed by atoms with Crippen molar-refractivity contribution in [3.8, 4) is 0 Å². The average Bonchev–Trinajstić information content (AvgIpc) is 2.84. The van der Waals surface area contributed by atoms with E-state index in [0.717, 1.165) is 0 Å². The van der Waals surface area contributed by atoms with E-state index in [1.54, 1.807) is 18.2 Å². The molecule has 0 bridgehead atoms. The summed E-state index contributed by atoms with van der Waals surface area (Å²) >= 11 is 6.09. The van der Waals surface area contributed by atoms with Gasteiger partial charge in [0.2, 0.25) is 0 Å². The van der Waals surface area contributed by atoms with Gasteiger partial charge in [-0.2, -0.15) is 0 Å². The number of benzene rings is 3. The Morgan fingerprint density at radius 1 is 1.00 bits per heavy atom. The average molecular weight is 480 g/mol. The largest absolute Gasteiger partial charge is 0.465 e. The second-order valence-electron chi connectivity index (χ2n) is 6.87. The predicted octanol–water partition coefficient (Wildman–Crippen LogP) is 4.44. The number of hydrogen-bond donors (Lipinski definition) is 2. The van der Waals surface area contributed by atoms with Gasteiger partial charge in [-0.1, -0.05) is 35.9 Å². The minimum atomic E-state index is -0.697. The van der Waals surface area contributed by atoms with Crippen molar-refractivity contribution in [2.75, 3.05) is 12.4 Å². The number of non-ortho nitro benzene ring substituents is 1. The lowest BCUT2D eigenvalue weighted by atomic mass is 10.1. The predicted molar refractivity (Wildman–Crippen MR) is 126 cm³/mol. The summed E-state index contributed by atoms with van der Waals surface area (Å²) in [6, 6.07) is 17.8. The standard InChI is InChI=1S/C24H18ClN3O6/c1-34-24(31)16-9-11-17(12-10-16)26-23(30)21(14-15-5-4-6-18(13-15)28(32)33)27-22(29)19-7-2-3-8-20(19)25/h2-14H,1H3,(H,26,30)(H,27,29). The van der Waals surface area contributed by atoms with Gasteiger partial charge in [0.15, 0.2) is 0 Å². The summed E-state index contributed by atoms with van der Waals surface area (Å²) < 4.78 is 4.64.